The Morgan fingerprint density at radius 3 is 2.26 bits per heavy atom. The molecule has 2 fully saturated rings. The van der Waals surface area contributed by atoms with Crippen LogP contribution in [0.2, 0.25) is 0 Å². The Balaban J connectivity index is 1.33. The number of hydrogen-bond acceptors (Lipinski definition) is 4. The fraction of sp³-hybridized carbons (Fsp3) is 0.455. The lowest BCUT2D eigenvalue weighted by Gasteiger charge is -2.22. The molecule has 0 unspecified atom stereocenters. The fourth-order valence-corrected chi connectivity index (χ4v) is 4.01. The molecule has 1 aliphatic carbocycles. The highest BCUT2D eigenvalue weighted by molar-refractivity contribution is 5.92. The van der Waals surface area contributed by atoms with Gasteiger partial charge in [0.05, 0.1) is 11.9 Å². The molecule has 2 aliphatic rings. The number of rotatable bonds is 5. The van der Waals surface area contributed by atoms with E-state index in [1.165, 1.54) is 37.8 Å². The van der Waals surface area contributed by atoms with E-state index >= 15 is 0 Å². The summed E-state index contributed by atoms with van der Waals surface area (Å²) in [5.74, 6) is -0.0663. The zero-order chi connectivity index (χ0) is 18.5. The zero-order valence-corrected chi connectivity index (χ0v) is 15.8. The molecule has 0 radical (unpaired) electrons. The van der Waals surface area contributed by atoms with E-state index in [1.54, 1.807) is 12.3 Å². The molecule has 1 saturated heterocycles. The summed E-state index contributed by atoms with van der Waals surface area (Å²) in [6.07, 6.45) is 10.2. The van der Waals surface area contributed by atoms with Crippen molar-refractivity contribution in [3.05, 3.63) is 48.3 Å². The smallest absolute Gasteiger partial charge is 0.270 e. The van der Waals surface area contributed by atoms with Crippen LogP contribution in [0.15, 0.2) is 42.6 Å². The second kappa shape index (κ2) is 8.42. The Labute approximate surface area is 161 Å². The van der Waals surface area contributed by atoms with Gasteiger partial charge in [-0.05, 0) is 62.1 Å². The number of hydrogen-bond donors (Lipinski definition) is 2. The monoisotopic (exact) mass is 364 g/mol. The summed E-state index contributed by atoms with van der Waals surface area (Å²) in [6.45, 7) is 2.31. The van der Waals surface area contributed by atoms with E-state index in [9.17, 15) is 4.79 Å². The number of pyridine rings is 1. The van der Waals surface area contributed by atoms with Crippen LogP contribution >= 0.6 is 0 Å². The maximum atomic E-state index is 12.3. The van der Waals surface area contributed by atoms with Gasteiger partial charge in [-0.2, -0.15) is 0 Å². The van der Waals surface area contributed by atoms with Crippen LogP contribution in [-0.4, -0.2) is 30.0 Å². The number of carbonyl (C=O) groups is 1. The van der Waals surface area contributed by atoms with Crippen LogP contribution in [0.5, 0.6) is 0 Å². The van der Waals surface area contributed by atoms with Gasteiger partial charge in [0.15, 0.2) is 0 Å². The number of amides is 1. The van der Waals surface area contributed by atoms with E-state index in [1.807, 2.05) is 6.07 Å². The molecule has 5 heteroatoms. The lowest BCUT2D eigenvalue weighted by molar-refractivity contribution is 0.0922. The first kappa shape index (κ1) is 17.8. The summed E-state index contributed by atoms with van der Waals surface area (Å²) in [4.78, 5) is 19.1. The molecule has 0 spiro atoms. The Kier molecular flexibility index (Phi) is 5.56. The van der Waals surface area contributed by atoms with Crippen molar-refractivity contribution in [1.29, 1.82) is 0 Å². The normalized spacial score (nSPS) is 17.7. The van der Waals surface area contributed by atoms with Gasteiger partial charge in [0.25, 0.3) is 5.91 Å². The maximum absolute atomic E-state index is 12.3. The fourth-order valence-electron chi connectivity index (χ4n) is 4.01. The summed E-state index contributed by atoms with van der Waals surface area (Å²) in [5.41, 5.74) is 3.68. The van der Waals surface area contributed by atoms with Crippen molar-refractivity contribution in [2.24, 2.45) is 0 Å². The quantitative estimate of drug-likeness (QED) is 0.821. The van der Waals surface area contributed by atoms with E-state index in [0.29, 0.717) is 11.7 Å². The zero-order valence-electron chi connectivity index (χ0n) is 15.8. The molecule has 2 N–H and O–H groups in total. The molecule has 4 rings (SSSR count). The molecule has 1 amide bonds. The van der Waals surface area contributed by atoms with E-state index in [0.717, 1.165) is 37.3 Å². The average molecular weight is 364 g/mol. The van der Waals surface area contributed by atoms with Crippen molar-refractivity contribution in [2.45, 2.75) is 51.0 Å². The van der Waals surface area contributed by atoms with Gasteiger partial charge < -0.3 is 15.5 Å². The molecular formula is C22H28N4O. The molecule has 0 atom stereocenters. The van der Waals surface area contributed by atoms with Crippen LogP contribution in [0.1, 0.15) is 55.4 Å². The van der Waals surface area contributed by atoms with Gasteiger partial charge in [-0.3, -0.25) is 4.79 Å². The van der Waals surface area contributed by atoms with E-state index in [2.05, 4.69) is 44.8 Å². The van der Waals surface area contributed by atoms with Crippen LogP contribution in [0, 0.1) is 0 Å². The number of benzene rings is 1. The number of anilines is 3. The van der Waals surface area contributed by atoms with Crippen molar-refractivity contribution in [1.82, 2.24) is 10.3 Å². The molecule has 2 aromatic rings. The molecule has 1 aromatic heterocycles. The van der Waals surface area contributed by atoms with Crippen LogP contribution in [-0.2, 0) is 0 Å². The van der Waals surface area contributed by atoms with Crippen LogP contribution < -0.4 is 15.5 Å². The van der Waals surface area contributed by atoms with Gasteiger partial charge in [0.2, 0.25) is 0 Å². The van der Waals surface area contributed by atoms with Crippen molar-refractivity contribution >= 4 is 23.0 Å². The van der Waals surface area contributed by atoms with Crippen molar-refractivity contribution in [2.75, 3.05) is 23.3 Å². The third kappa shape index (κ3) is 4.59. The highest BCUT2D eigenvalue weighted by atomic mass is 16.1. The van der Waals surface area contributed by atoms with Crippen LogP contribution in [0.25, 0.3) is 0 Å². The molecule has 5 nitrogen and oxygen atoms in total. The van der Waals surface area contributed by atoms with E-state index in [4.69, 9.17) is 0 Å². The lowest BCUT2D eigenvalue weighted by atomic mass is 9.95. The first-order valence-electron chi connectivity index (χ1n) is 10.2. The summed E-state index contributed by atoms with van der Waals surface area (Å²) >= 11 is 0. The van der Waals surface area contributed by atoms with Gasteiger partial charge in [-0.1, -0.05) is 19.3 Å². The first-order chi connectivity index (χ1) is 13.3. The van der Waals surface area contributed by atoms with Gasteiger partial charge in [-0.25, -0.2) is 4.98 Å². The summed E-state index contributed by atoms with van der Waals surface area (Å²) in [6, 6.07) is 12.5. The van der Waals surface area contributed by atoms with Crippen LogP contribution in [0.4, 0.5) is 17.1 Å². The van der Waals surface area contributed by atoms with E-state index < -0.39 is 0 Å². The van der Waals surface area contributed by atoms with Crippen LogP contribution in [0.3, 0.4) is 0 Å². The Hall–Kier alpha value is -2.56. The van der Waals surface area contributed by atoms with Gasteiger partial charge >= 0.3 is 0 Å². The molecule has 2 heterocycles. The van der Waals surface area contributed by atoms with Gasteiger partial charge in [0.1, 0.15) is 5.69 Å². The first-order valence-corrected chi connectivity index (χ1v) is 10.2. The molecular weight excluding hydrogens is 336 g/mol. The minimum Gasteiger partial charge on any atom is -0.372 e. The van der Waals surface area contributed by atoms with Gasteiger partial charge in [-0.15, -0.1) is 0 Å². The predicted molar refractivity (Wildman–Crippen MR) is 110 cm³/mol. The Morgan fingerprint density at radius 1 is 0.889 bits per heavy atom. The SMILES string of the molecule is O=C(NC1CCCCC1)c1ccc(Nc2ccc(N3CCCC3)cc2)cn1. The third-order valence-electron chi connectivity index (χ3n) is 5.56. The van der Waals surface area contributed by atoms with Crippen molar-refractivity contribution in [3.63, 3.8) is 0 Å². The summed E-state index contributed by atoms with van der Waals surface area (Å²) in [7, 11) is 0. The Morgan fingerprint density at radius 2 is 1.59 bits per heavy atom. The second-order valence-electron chi connectivity index (χ2n) is 7.61. The van der Waals surface area contributed by atoms with Crippen molar-refractivity contribution < 1.29 is 4.79 Å². The molecule has 0 bridgehead atoms. The minimum atomic E-state index is -0.0663. The number of nitrogens with one attached hydrogen (secondary N) is 2. The summed E-state index contributed by atoms with van der Waals surface area (Å²) < 4.78 is 0. The second-order valence-corrected chi connectivity index (χ2v) is 7.61. The minimum absolute atomic E-state index is 0.0663. The lowest BCUT2D eigenvalue weighted by Crippen LogP contribution is -2.36. The molecule has 142 valence electrons. The highest BCUT2D eigenvalue weighted by Crippen LogP contribution is 2.24. The molecule has 1 aromatic carbocycles. The average Bonchev–Trinajstić information content (AvgIpc) is 3.25. The molecule has 1 saturated carbocycles. The maximum Gasteiger partial charge on any atom is 0.270 e. The number of aromatic nitrogens is 1. The van der Waals surface area contributed by atoms with Crippen molar-refractivity contribution in [3.8, 4) is 0 Å². The number of carbonyl (C=O) groups excluding carboxylic acids is 1. The summed E-state index contributed by atoms with van der Waals surface area (Å²) in [5, 5.41) is 6.47. The van der Waals surface area contributed by atoms with E-state index in [-0.39, 0.29) is 5.91 Å². The largest absolute Gasteiger partial charge is 0.372 e. The standard InChI is InChI=1S/C22H28N4O/c27-22(25-17-6-2-1-3-7-17)21-13-10-19(16-23-21)24-18-8-11-20(12-9-18)26-14-4-5-15-26/h8-13,16-17,24H,1-7,14-15H2,(H,25,27). The van der Waals surface area contributed by atoms with Gasteiger partial charge in [0, 0.05) is 30.5 Å². The molecule has 27 heavy (non-hydrogen) atoms. The third-order valence-corrected chi connectivity index (χ3v) is 5.56. The Bertz CT molecular complexity index is 745. The number of nitrogens with zero attached hydrogens (tertiary/aromatic N) is 2. The predicted octanol–water partition coefficient (Wildman–Crippen LogP) is 4.49. The highest BCUT2D eigenvalue weighted by Gasteiger charge is 2.17. The topological polar surface area (TPSA) is 57.3 Å². The molecule has 1 aliphatic heterocycles.